The molecule has 2 heteroatoms. The van der Waals surface area contributed by atoms with Crippen LogP contribution in [0.5, 0.6) is 11.5 Å². The van der Waals surface area contributed by atoms with Crippen LogP contribution in [0.3, 0.4) is 0 Å². The first kappa shape index (κ1) is 23.0. The van der Waals surface area contributed by atoms with E-state index in [1.807, 2.05) is 70.2 Å². The van der Waals surface area contributed by atoms with Crippen LogP contribution in [0.1, 0.15) is 57.7 Å². The highest BCUT2D eigenvalue weighted by molar-refractivity contribution is 5.98. The van der Waals surface area contributed by atoms with Crippen molar-refractivity contribution in [3.8, 4) is 11.5 Å². The van der Waals surface area contributed by atoms with Crippen LogP contribution < -0.4 is 0 Å². The van der Waals surface area contributed by atoms with Crippen molar-refractivity contribution in [3.05, 3.63) is 95.6 Å². The van der Waals surface area contributed by atoms with Crippen molar-refractivity contribution >= 4 is 11.1 Å². The maximum Gasteiger partial charge on any atom is 0.115 e. The Balaban J connectivity index is 0.000000921. The lowest BCUT2D eigenvalue weighted by Gasteiger charge is -2.16. The number of rotatable bonds is 4. The zero-order valence-electron chi connectivity index (χ0n) is 17.6. The molecule has 0 bridgehead atoms. The number of hydrogen-bond donors (Lipinski definition) is 2. The molecule has 3 rings (SSSR count). The zero-order chi connectivity index (χ0) is 20.9. The fourth-order valence-electron chi connectivity index (χ4n) is 2.94. The third-order valence-electron chi connectivity index (χ3n) is 4.09. The van der Waals surface area contributed by atoms with Crippen LogP contribution in [0.25, 0.3) is 11.1 Å². The summed E-state index contributed by atoms with van der Waals surface area (Å²) in [6.45, 7) is 10.1. The molecular formula is C26H32O2. The van der Waals surface area contributed by atoms with Gasteiger partial charge in [-0.25, -0.2) is 0 Å². The fourth-order valence-corrected chi connectivity index (χ4v) is 2.94. The van der Waals surface area contributed by atoms with E-state index in [1.54, 1.807) is 24.3 Å². The molecule has 0 saturated carbocycles. The molecule has 0 spiro atoms. The van der Waals surface area contributed by atoms with Crippen molar-refractivity contribution in [1.82, 2.24) is 0 Å². The van der Waals surface area contributed by atoms with Crippen LogP contribution in [0.2, 0.25) is 0 Å². The predicted octanol–water partition coefficient (Wildman–Crippen LogP) is 7.52. The van der Waals surface area contributed by atoms with Gasteiger partial charge in [-0.2, -0.15) is 0 Å². The standard InChI is InChI=1S/C22H20O2.2C2H6/c1-2-21(16-6-4-3-5-7-16)22(17-8-12-19(23)13-9-17)18-10-14-20(24)15-11-18;2*1-2/h3-15,23-24H,2H2,1H3;2*1-2H3. The molecule has 0 heterocycles. The second kappa shape index (κ2) is 12.4. The second-order valence-electron chi connectivity index (χ2n) is 5.67. The Hall–Kier alpha value is -3.00. The van der Waals surface area contributed by atoms with E-state index in [0.29, 0.717) is 0 Å². The molecule has 148 valence electrons. The Bertz CT molecular complexity index is 782. The Morgan fingerprint density at radius 3 is 1.32 bits per heavy atom. The van der Waals surface area contributed by atoms with E-state index in [-0.39, 0.29) is 11.5 Å². The van der Waals surface area contributed by atoms with Crippen LogP contribution in [-0.4, -0.2) is 10.2 Å². The molecule has 0 unspecified atom stereocenters. The zero-order valence-corrected chi connectivity index (χ0v) is 17.6. The van der Waals surface area contributed by atoms with Gasteiger partial charge in [-0.3, -0.25) is 0 Å². The maximum atomic E-state index is 9.61. The molecule has 3 aromatic carbocycles. The average molecular weight is 377 g/mol. The molecule has 2 N–H and O–H groups in total. The first-order valence-corrected chi connectivity index (χ1v) is 10.1. The van der Waals surface area contributed by atoms with Crippen LogP contribution >= 0.6 is 0 Å². The lowest BCUT2D eigenvalue weighted by atomic mass is 9.88. The molecule has 28 heavy (non-hydrogen) atoms. The molecule has 0 amide bonds. The van der Waals surface area contributed by atoms with Gasteiger partial charge in [0.2, 0.25) is 0 Å². The second-order valence-corrected chi connectivity index (χ2v) is 5.67. The summed E-state index contributed by atoms with van der Waals surface area (Å²) in [6.07, 6.45) is 0.876. The minimum Gasteiger partial charge on any atom is -0.508 e. The molecule has 0 saturated heterocycles. The molecule has 3 aromatic rings. The van der Waals surface area contributed by atoms with Gasteiger partial charge < -0.3 is 10.2 Å². The van der Waals surface area contributed by atoms with Crippen molar-refractivity contribution in [2.75, 3.05) is 0 Å². The quantitative estimate of drug-likeness (QED) is 0.462. The number of phenols is 2. The lowest BCUT2D eigenvalue weighted by molar-refractivity contribution is 0.475. The first-order chi connectivity index (χ1) is 13.7. The van der Waals surface area contributed by atoms with Gasteiger partial charge in [-0.1, -0.05) is 89.2 Å². The van der Waals surface area contributed by atoms with Gasteiger partial charge in [-0.05, 0) is 58.5 Å². The normalized spacial score (nSPS) is 9.32. The molecule has 0 radical (unpaired) electrons. The minimum absolute atomic E-state index is 0.251. The third kappa shape index (κ3) is 6.02. The monoisotopic (exact) mass is 376 g/mol. The molecule has 0 aliphatic rings. The highest BCUT2D eigenvalue weighted by Gasteiger charge is 2.13. The van der Waals surface area contributed by atoms with E-state index in [1.165, 1.54) is 11.1 Å². The van der Waals surface area contributed by atoms with E-state index in [9.17, 15) is 10.2 Å². The maximum absolute atomic E-state index is 9.61. The van der Waals surface area contributed by atoms with Crippen LogP contribution in [0.4, 0.5) is 0 Å². The summed E-state index contributed by atoms with van der Waals surface area (Å²) < 4.78 is 0. The van der Waals surface area contributed by atoms with Crippen LogP contribution in [-0.2, 0) is 0 Å². The highest BCUT2D eigenvalue weighted by atomic mass is 16.3. The largest absolute Gasteiger partial charge is 0.508 e. The van der Waals surface area contributed by atoms with Crippen LogP contribution in [0.15, 0.2) is 78.9 Å². The van der Waals surface area contributed by atoms with Crippen molar-refractivity contribution < 1.29 is 10.2 Å². The van der Waals surface area contributed by atoms with E-state index in [2.05, 4.69) is 19.1 Å². The SMILES string of the molecule is CC.CC.CCC(=C(c1ccc(O)cc1)c1ccc(O)cc1)c1ccccc1. The summed E-state index contributed by atoms with van der Waals surface area (Å²) in [5, 5.41) is 19.2. The molecule has 0 aliphatic carbocycles. The van der Waals surface area contributed by atoms with Gasteiger partial charge in [-0.15, -0.1) is 0 Å². The van der Waals surface area contributed by atoms with Gasteiger partial charge >= 0.3 is 0 Å². The third-order valence-corrected chi connectivity index (χ3v) is 4.09. The molecule has 0 fully saturated rings. The minimum atomic E-state index is 0.251. The summed E-state index contributed by atoms with van der Waals surface area (Å²) in [5.74, 6) is 0.503. The predicted molar refractivity (Wildman–Crippen MR) is 122 cm³/mol. The van der Waals surface area contributed by atoms with E-state index < -0.39 is 0 Å². The molecular weight excluding hydrogens is 344 g/mol. The van der Waals surface area contributed by atoms with Crippen molar-refractivity contribution in [2.45, 2.75) is 41.0 Å². The summed E-state index contributed by atoms with van der Waals surface area (Å²) in [4.78, 5) is 0. The van der Waals surface area contributed by atoms with Crippen molar-refractivity contribution in [3.63, 3.8) is 0 Å². The van der Waals surface area contributed by atoms with Crippen molar-refractivity contribution in [2.24, 2.45) is 0 Å². The van der Waals surface area contributed by atoms with Gasteiger partial charge in [0.05, 0.1) is 0 Å². The summed E-state index contributed by atoms with van der Waals surface area (Å²) in [5.41, 5.74) is 5.60. The number of phenolic OH excluding ortho intramolecular Hbond substituents is 2. The Morgan fingerprint density at radius 2 is 0.964 bits per heavy atom. The molecule has 0 aromatic heterocycles. The summed E-state index contributed by atoms with van der Waals surface area (Å²) in [7, 11) is 0. The van der Waals surface area contributed by atoms with Gasteiger partial charge in [0.25, 0.3) is 0 Å². The number of allylic oxidation sites excluding steroid dienone is 1. The van der Waals surface area contributed by atoms with E-state index in [4.69, 9.17) is 0 Å². The number of hydrogen-bond acceptors (Lipinski definition) is 2. The number of aromatic hydroxyl groups is 2. The van der Waals surface area contributed by atoms with E-state index in [0.717, 1.165) is 23.1 Å². The first-order valence-electron chi connectivity index (χ1n) is 10.1. The lowest BCUT2D eigenvalue weighted by Crippen LogP contribution is -1.94. The Kier molecular flexibility index (Phi) is 10.2. The Morgan fingerprint density at radius 1 is 0.571 bits per heavy atom. The molecule has 2 nitrogen and oxygen atoms in total. The van der Waals surface area contributed by atoms with Gasteiger partial charge in [0, 0.05) is 0 Å². The molecule has 0 aliphatic heterocycles. The van der Waals surface area contributed by atoms with E-state index >= 15 is 0 Å². The van der Waals surface area contributed by atoms with Gasteiger partial charge in [0.15, 0.2) is 0 Å². The molecule has 0 atom stereocenters. The van der Waals surface area contributed by atoms with Crippen LogP contribution in [0, 0.1) is 0 Å². The number of benzene rings is 3. The van der Waals surface area contributed by atoms with Crippen molar-refractivity contribution in [1.29, 1.82) is 0 Å². The topological polar surface area (TPSA) is 40.5 Å². The fraction of sp³-hybridized carbons (Fsp3) is 0.231. The average Bonchev–Trinajstić information content (AvgIpc) is 2.77. The van der Waals surface area contributed by atoms with Gasteiger partial charge in [0.1, 0.15) is 11.5 Å². The summed E-state index contributed by atoms with van der Waals surface area (Å²) in [6, 6.07) is 24.8. The smallest absolute Gasteiger partial charge is 0.115 e. The summed E-state index contributed by atoms with van der Waals surface area (Å²) >= 11 is 0. The highest BCUT2D eigenvalue weighted by Crippen LogP contribution is 2.35. The Labute approximate surface area is 169 Å².